The normalized spacial score (nSPS) is 12.2. The molecule has 0 aliphatic carbocycles. The Labute approximate surface area is 82.9 Å². The molecule has 0 radical (unpaired) electrons. The summed E-state index contributed by atoms with van der Waals surface area (Å²) in [4.78, 5) is 0. The van der Waals surface area contributed by atoms with Crippen LogP contribution in [0, 0.1) is 0 Å². The summed E-state index contributed by atoms with van der Waals surface area (Å²) in [5.41, 5.74) is 2.60. The molecule has 76 valence electrons. The first-order chi connectivity index (χ1) is 6.07. The maximum atomic E-state index is 3.95. The summed E-state index contributed by atoms with van der Waals surface area (Å²) in [7, 11) is 0. The van der Waals surface area contributed by atoms with Crippen molar-refractivity contribution in [3.8, 4) is 0 Å². The van der Waals surface area contributed by atoms with Crippen LogP contribution in [0.3, 0.4) is 0 Å². The lowest BCUT2D eigenvalue weighted by atomic mass is 10.0. The van der Waals surface area contributed by atoms with Crippen molar-refractivity contribution in [2.75, 3.05) is 6.54 Å². The molecule has 0 aromatic heterocycles. The minimum Gasteiger partial charge on any atom is -0.315 e. The van der Waals surface area contributed by atoms with Crippen LogP contribution in [-0.4, -0.2) is 12.6 Å². The van der Waals surface area contributed by atoms with E-state index in [-0.39, 0.29) is 0 Å². The Morgan fingerprint density at radius 2 is 2.08 bits per heavy atom. The van der Waals surface area contributed by atoms with E-state index in [0.717, 1.165) is 13.0 Å². The number of hydrogen-bond donors (Lipinski definition) is 1. The Bertz CT molecular complexity index is 178. The van der Waals surface area contributed by atoms with Gasteiger partial charge in [0.1, 0.15) is 0 Å². The fourth-order valence-corrected chi connectivity index (χ4v) is 1.27. The van der Waals surface area contributed by atoms with E-state index in [0.29, 0.717) is 6.04 Å². The summed E-state index contributed by atoms with van der Waals surface area (Å²) in [6, 6.07) is 0.596. The second-order valence-corrected chi connectivity index (χ2v) is 3.81. The molecule has 0 saturated heterocycles. The topological polar surface area (TPSA) is 12.0 Å². The van der Waals surface area contributed by atoms with Crippen molar-refractivity contribution in [2.24, 2.45) is 0 Å². The standard InChI is InChI=1S/C12H23N/c1-6-12(10(2)3)8-7-9-13-11(4)5/h6,11,13H,2,7-9H2,1,3-5H3/b12-6-. The summed E-state index contributed by atoms with van der Waals surface area (Å²) in [5, 5.41) is 3.41. The summed E-state index contributed by atoms with van der Waals surface area (Å²) < 4.78 is 0. The smallest absolute Gasteiger partial charge is 0.00103 e. The quantitative estimate of drug-likeness (QED) is 0.490. The molecule has 0 rings (SSSR count). The van der Waals surface area contributed by atoms with Crippen molar-refractivity contribution in [3.63, 3.8) is 0 Å². The van der Waals surface area contributed by atoms with Crippen LogP contribution in [0.25, 0.3) is 0 Å². The molecule has 1 heteroatoms. The zero-order chi connectivity index (χ0) is 10.3. The minimum atomic E-state index is 0.596. The number of rotatable bonds is 6. The van der Waals surface area contributed by atoms with E-state index in [1.165, 1.54) is 17.6 Å². The summed E-state index contributed by atoms with van der Waals surface area (Å²) >= 11 is 0. The molecule has 0 saturated carbocycles. The average Bonchev–Trinajstić information content (AvgIpc) is 2.03. The summed E-state index contributed by atoms with van der Waals surface area (Å²) in [5.74, 6) is 0. The molecule has 0 fully saturated rings. The predicted molar refractivity (Wildman–Crippen MR) is 60.9 cm³/mol. The highest BCUT2D eigenvalue weighted by atomic mass is 14.9. The molecule has 1 nitrogen and oxygen atoms in total. The van der Waals surface area contributed by atoms with Gasteiger partial charge < -0.3 is 5.32 Å². The molecular weight excluding hydrogens is 158 g/mol. The van der Waals surface area contributed by atoms with Crippen molar-refractivity contribution in [3.05, 3.63) is 23.8 Å². The Hall–Kier alpha value is -0.560. The van der Waals surface area contributed by atoms with Gasteiger partial charge in [-0.1, -0.05) is 32.1 Å². The number of allylic oxidation sites excluding steroid dienone is 3. The van der Waals surface area contributed by atoms with Gasteiger partial charge in [0.05, 0.1) is 0 Å². The highest BCUT2D eigenvalue weighted by molar-refractivity contribution is 5.25. The zero-order valence-corrected chi connectivity index (χ0v) is 9.48. The van der Waals surface area contributed by atoms with Gasteiger partial charge in [-0.05, 0) is 38.8 Å². The lowest BCUT2D eigenvalue weighted by molar-refractivity contribution is 0.570. The molecule has 0 bridgehead atoms. The fourth-order valence-electron chi connectivity index (χ4n) is 1.27. The summed E-state index contributed by atoms with van der Waals surface area (Å²) in [6.45, 7) is 13.6. The lowest BCUT2D eigenvalue weighted by Crippen LogP contribution is -2.23. The molecule has 0 unspecified atom stereocenters. The van der Waals surface area contributed by atoms with E-state index in [1.807, 2.05) is 0 Å². The maximum Gasteiger partial charge on any atom is 0.00103 e. The molecule has 0 aromatic rings. The Morgan fingerprint density at radius 3 is 2.46 bits per heavy atom. The zero-order valence-electron chi connectivity index (χ0n) is 9.48. The molecule has 0 heterocycles. The van der Waals surface area contributed by atoms with Crippen molar-refractivity contribution < 1.29 is 0 Å². The molecule has 13 heavy (non-hydrogen) atoms. The van der Waals surface area contributed by atoms with Crippen molar-refractivity contribution in [2.45, 2.75) is 46.6 Å². The Kier molecular flexibility index (Phi) is 6.61. The van der Waals surface area contributed by atoms with E-state index in [4.69, 9.17) is 0 Å². The van der Waals surface area contributed by atoms with Crippen LogP contribution in [-0.2, 0) is 0 Å². The predicted octanol–water partition coefficient (Wildman–Crippen LogP) is 3.29. The van der Waals surface area contributed by atoms with Gasteiger partial charge in [0.2, 0.25) is 0 Å². The van der Waals surface area contributed by atoms with Crippen LogP contribution >= 0.6 is 0 Å². The van der Waals surface area contributed by atoms with E-state index in [9.17, 15) is 0 Å². The van der Waals surface area contributed by atoms with Gasteiger partial charge in [0.15, 0.2) is 0 Å². The molecule has 0 spiro atoms. The molecule has 0 aromatic carbocycles. The van der Waals surface area contributed by atoms with Crippen LogP contribution < -0.4 is 5.32 Å². The maximum absolute atomic E-state index is 3.95. The number of hydrogen-bond acceptors (Lipinski definition) is 1. The molecule has 0 aliphatic rings. The SMILES string of the molecule is C=C(C)/C(=C\C)CCCNC(C)C. The van der Waals surface area contributed by atoms with Crippen LogP contribution in [0.5, 0.6) is 0 Å². The van der Waals surface area contributed by atoms with Crippen LogP contribution in [0.1, 0.15) is 40.5 Å². The third kappa shape index (κ3) is 6.59. The highest BCUT2D eigenvalue weighted by Crippen LogP contribution is 2.12. The first kappa shape index (κ1) is 12.4. The van der Waals surface area contributed by atoms with Crippen LogP contribution in [0.2, 0.25) is 0 Å². The fraction of sp³-hybridized carbons (Fsp3) is 0.667. The first-order valence-corrected chi connectivity index (χ1v) is 5.12. The lowest BCUT2D eigenvalue weighted by Gasteiger charge is -2.09. The second-order valence-electron chi connectivity index (χ2n) is 3.81. The van der Waals surface area contributed by atoms with E-state index < -0.39 is 0 Å². The first-order valence-electron chi connectivity index (χ1n) is 5.12. The van der Waals surface area contributed by atoms with Crippen LogP contribution in [0.4, 0.5) is 0 Å². The molecular formula is C12H23N. The monoisotopic (exact) mass is 181 g/mol. The van der Waals surface area contributed by atoms with Gasteiger partial charge in [0.25, 0.3) is 0 Å². The minimum absolute atomic E-state index is 0.596. The van der Waals surface area contributed by atoms with Gasteiger partial charge in [-0.3, -0.25) is 0 Å². The molecule has 0 amide bonds. The third-order valence-electron chi connectivity index (χ3n) is 2.07. The van der Waals surface area contributed by atoms with Crippen molar-refractivity contribution in [1.29, 1.82) is 0 Å². The highest BCUT2D eigenvalue weighted by Gasteiger charge is 1.97. The number of nitrogens with one attached hydrogen (secondary N) is 1. The molecule has 0 atom stereocenters. The largest absolute Gasteiger partial charge is 0.315 e. The van der Waals surface area contributed by atoms with Gasteiger partial charge in [0, 0.05) is 6.04 Å². The second kappa shape index (κ2) is 6.90. The average molecular weight is 181 g/mol. The van der Waals surface area contributed by atoms with E-state index in [1.54, 1.807) is 0 Å². The Balaban J connectivity index is 3.57. The van der Waals surface area contributed by atoms with E-state index in [2.05, 4.69) is 45.7 Å². The van der Waals surface area contributed by atoms with Gasteiger partial charge in [-0.15, -0.1) is 0 Å². The van der Waals surface area contributed by atoms with Crippen molar-refractivity contribution in [1.82, 2.24) is 5.32 Å². The van der Waals surface area contributed by atoms with Gasteiger partial charge >= 0.3 is 0 Å². The van der Waals surface area contributed by atoms with Crippen molar-refractivity contribution >= 4 is 0 Å². The third-order valence-corrected chi connectivity index (χ3v) is 2.07. The molecule has 1 N–H and O–H groups in total. The Morgan fingerprint density at radius 1 is 1.46 bits per heavy atom. The van der Waals surface area contributed by atoms with Gasteiger partial charge in [-0.25, -0.2) is 0 Å². The van der Waals surface area contributed by atoms with Crippen LogP contribution in [0.15, 0.2) is 23.8 Å². The van der Waals surface area contributed by atoms with Gasteiger partial charge in [-0.2, -0.15) is 0 Å². The molecule has 0 aliphatic heterocycles. The summed E-state index contributed by atoms with van der Waals surface area (Å²) in [6.07, 6.45) is 4.51. The van der Waals surface area contributed by atoms with E-state index >= 15 is 0 Å².